The fourth-order valence-electron chi connectivity index (χ4n) is 2.39. The Morgan fingerprint density at radius 2 is 1.90 bits per heavy atom. The Morgan fingerprint density at radius 1 is 1.17 bits per heavy atom. The van der Waals surface area contributed by atoms with E-state index in [0.29, 0.717) is 16.4 Å². The van der Waals surface area contributed by atoms with Gasteiger partial charge in [0, 0.05) is 14.2 Å². The topological polar surface area (TPSA) is 75.9 Å². The molecular weight excluding hydrogens is 407 g/mol. The molecule has 0 radical (unpaired) electrons. The van der Waals surface area contributed by atoms with Crippen LogP contribution in [0.3, 0.4) is 0 Å². The Hall–Kier alpha value is -2.74. The van der Waals surface area contributed by atoms with Gasteiger partial charge in [-0.3, -0.25) is 5.32 Å². The molecule has 2 aromatic rings. The molecule has 6 nitrogen and oxygen atoms in total. The van der Waals surface area contributed by atoms with Crippen LogP contribution in [0.15, 0.2) is 47.5 Å². The molecule has 154 valence electrons. The molecule has 0 bridgehead atoms. The molecule has 0 saturated heterocycles. The number of alkyl halides is 3. The van der Waals surface area contributed by atoms with Gasteiger partial charge in [0.05, 0.1) is 16.8 Å². The van der Waals surface area contributed by atoms with Gasteiger partial charge in [-0.05, 0) is 42.7 Å². The Labute approximate surface area is 170 Å². The second-order valence-electron chi connectivity index (χ2n) is 5.51. The van der Waals surface area contributed by atoms with E-state index in [2.05, 4.69) is 10.3 Å². The molecule has 0 spiro atoms. The smallest absolute Gasteiger partial charge is 0.416 e. The van der Waals surface area contributed by atoms with Gasteiger partial charge in [0.25, 0.3) is 0 Å². The molecular formula is C19H18F3N3O3S. The number of hydrogen-bond donors (Lipinski definition) is 1. The average Bonchev–Trinajstić information content (AvgIpc) is 2.70. The second-order valence-corrected chi connectivity index (χ2v) is 6.31. The highest BCUT2D eigenvalue weighted by molar-refractivity contribution is 8.13. The summed E-state index contributed by atoms with van der Waals surface area (Å²) in [5.74, 6) is 0.259. The number of benzene rings is 2. The summed E-state index contributed by atoms with van der Waals surface area (Å²) in [6.07, 6.45) is -1.78. The fraction of sp³-hybridized carbons (Fsp3) is 0.263. The molecule has 0 saturated carbocycles. The van der Waals surface area contributed by atoms with E-state index in [1.807, 2.05) is 0 Å². The first-order chi connectivity index (χ1) is 13.8. The highest BCUT2D eigenvalue weighted by atomic mass is 32.2. The molecule has 0 unspecified atom stereocenters. The largest absolute Gasteiger partial charge is 0.457 e. The number of nitriles is 1. The molecule has 0 atom stereocenters. The number of rotatable bonds is 6. The van der Waals surface area contributed by atoms with Crippen molar-refractivity contribution in [1.82, 2.24) is 5.32 Å². The fourth-order valence-corrected chi connectivity index (χ4v) is 2.73. The van der Waals surface area contributed by atoms with Gasteiger partial charge in [0.15, 0.2) is 17.7 Å². The Balaban J connectivity index is 2.45. The van der Waals surface area contributed by atoms with Crippen LogP contribution in [-0.4, -0.2) is 25.6 Å². The molecule has 2 aromatic carbocycles. The summed E-state index contributed by atoms with van der Waals surface area (Å²) in [5, 5.41) is 11.6. The van der Waals surface area contributed by atoms with E-state index in [-0.39, 0.29) is 11.5 Å². The maximum Gasteiger partial charge on any atom is 0.416 e. The van der Waals surface area contributed by atoms with E-state index >= 15 is 0 Å². The van der Waals surface area contributed by atoms with Crippen molar-refractivity contribution >= 4 is 22.6 Å². The molecule has 0 fully saturated rings. The van der Waals surface area contributed by atoms with E-state index in [1.165, 1.54) is 38.1 Å². The van der Waals surface area contributed by atoms with Crippen LogP contribution in [0.25, 0.3) is 0 Å². The van der Waals surface area contributed by atoms with Gasteiger partial charge in [-0.1, -0.05) is 17.8 Å². The number of aliphatic imine (C=N–C) groups is 1. The minimum absolute atomic E-state index is 0.0132. The van der Waals surface area contributed by atoms with Crippen molar-refractivity contribution in [2.75, 3.05) is 20.5 Å². The van der Waals surface area contributed by atoms with E-state index < -0.39 is 18.0 Å². The summed E-state index contributed by atoms with van der Waals surface area (Å²) in [4.78, 5) is 4.30. The maximum atomic E-state index is 13.0. The van der Waals surface area contributed by atoms with Crippen LogP contribution in [0, 0.1) is 11.5 Å². The third kappa shape index (κ3) is 6.12. The number of hydrogen-bond acceptors (Lipinski definition) is 6. The minimum atomic E-state index is -4.48. The molecule has 1 N–H and O–H groups in total. The number of halogens is 3. The number of thioether (sulfide) groups is 1. The van der Waals surface area contributed by atoms with Crippen molar-refractivity contribution in [3.63, 3.8) is 0 Å². The third-order valence-corrected chi connectivity index (χ3v) is 4.23. The predicted molar refractivity (Wildman–Crippen MR) is 104 cm³/mol. The van der Waals surface area contributed by atoms with Gasteiger partial charge in [-0.2, -0.15) is 18.4 Å². The van der Waals surface area contributed by atoms with Crippen molar-refractivity contribution in [3.05, 3.63) is 53.6 Å². The van der Waals surface area contributed by atoms with Crippen molar-refractivity contribution in [3.8, 4) is 17.7 Å². The number of nitrogens with zero attached hydrogens (tertiary/aromatic N) is 2. The highest BCUT2D eigenvalue weighted by Crippen LogP contribution is 2.37. The van der Waals surface area contributed by atoms with Gasteiger partial charge in [0.1, 0.15) is 11.5 Å². The summed E-state index contributed by atoms with van der Waals surface area (Å²) in [6.45, 7) is 0. The molecule has 0 heterocycles. The maximum absolute atomic E-state index is 13.0. The normalized spacial score (nSPS) is 12.0. The predicted octanol–water partition coefficient (Wildman–Crippen LogP) is 5.21. The zero-order valence-corrected chi connectivity index (χ0v) is 16.6. The first-order valence-corrected chi connectivity index (χ1v) is 9.37. The summed E-state index contributed by atoms with van der Waals surface area (Å²) in [5.41, 5.74) is 0.0775. The van der Waals surface area contributed by atoms with E-state index in [0.717, 1.165) is 12.1 Å². The number of amidine groups is 1. The van der Waals surface area contributed by atoms with Gasteiger partial charge >= 0.3 is 6.18 Å². The minimum Gasteiger partial charge on any atom is -0.457 e. The SMILES string of the molecule is COC(OC)c1cc(N=C(NC#N)SC)ccc1Oc1cccc(C(F)(F)F)c1. The van der Waals surface area contributed by atoms with Crippen molar-refractivity contribution in [1.29, 1.82) is 5.26 Å². The van der Waals surface area contributed by atoms with E-state index in [4.69, 9.17) is 19.5 Å². The van der Waals surface area contributed by atoms with Gasteiger partial charge in [-0.25, -0.2) is 4.99 Å². The zero-order chi connectivity index (χ0) is 21.4. The summed E-state index contributed by atoms with van der Waals surface area (Å²) in [6, 6.07) is 9.31. The van der Waals surface area contributed by atoms with Gasteiger partial charge in [-0.15, -0.1) is 0 Å². The van der Waals surface area contributed by atoms with Crippen LogP contribution in [0.2, 0.25) is 0 Å². The van der Waals surface area contributed by atoms with Crippen LogP contribution in [0.4, 0.5) is 18.9 Å². The molecule has 10 heteroatoms. The Morgan fingerprint density at radius 3 is 2.48 bits per heavy atom. The molecule has 0 aromatic heterocycles. The quantitative estimate of drug-likeness (QED) is 0.225. The third-order valence-electron chi connectivity index (χ3n) is 3.65. The molecule has 0 aliphatic heterocycles. The van der Waals surface area contributed by atoms with Crippen LogP contribution < -0.4 is 10.1 Å². The summed E-state index contributed by atoms with van der Waals surface area (Å²) >= 11 is 1.24. The lowest BCUT2D eigenvalue weighted by Gasteiger charge is -2.19. The molecule has 0 amide bonds. The number of ether oxygens (including phenoxy) is 3. The average molecular weight is 425 g/mol. The number of methoxy groups -OCH3 is 2. The Bertz CT molecular complexity index is 910. The molecule has 29 heavy (non-hydrogen) atoms. The van der Waals surface area contributed by atoms with Crippen LogP contribution in [0.1, 0.15) is 17.4 Å². The molecule has 0 aliphatic rings. The lowest BCUT2D eigenvalue weighted by Crippen LogP contribution is -2.12. The standard InChI is InChI=1S/C19H18F3N3O3S/c1-26-17(27-2)15-10-13(25-18(29-3)24-11-23)7-8-16(15)28-14-6-4-5-12(9-14)19(20,21)22/h4-10,17H,1-3H3,(H,24,25). The van der Waals surface area contributed by atoms with Crippen LogP contribution >= 0.6 is 11.8 Å². The lowest BCUT2D eigenvalue weighted by atomic mass is 10.1. The van der Waals surface area contributed by atoms with Crippen molar-refractivity contribution < 1.29 is 27.4 Å². The molecule has 0 aliphatic carbocycles. The van der Waals surface area contributed by atoms with E-state index in [9.17, 15) is 13.2 Å². The lowest BCUT2D eigenvalue weighted by molar-refractivity contribution is -0.137. The van der Waals surface area contributed by atoms with Crippen molar-refractivity contribution in [2.24, 2.45) is 4.99 Å². The van der Waals surface area contributed by atoms with E-state index in [1.54, 1.807) is 30.6 Å². The monoisotopic (exact) mass is 425 g/mol. The van der Waals surface area contributed by atoms with Crippen molar-refractivity contribution in [2.45, 2.75) is 12.5 Å². The van der Waals surface area contributed by atoms with Gasteiger partial charge in [0.2, 0.25) is 0 Å². The summed E-state index contributed by atoms with van der Waals surface area (Å²) < 4.78 is 55.1. The molecule has 2 rings (SSSR count). The van der Waals surface area contributed by atoms with Crippen LogP contribution in [0.5, 0.6) is 11.5 Å². The first kappa shape index (κ1) is 22.5. The Kier molecular flexibility index (Phi) is 7.90. The second kappa shape index (κ2) is 10.2. The zero-order valence-electron chi connectivity index (χ0n) is 15.8. The number of nitrogens with one attached hydrogen (secondary N) is 1. The first-order valence-electron chi connectivity index (χ1n) is 8.14. The highest BCUT2D eigenvalue weighted by Gasteiger charge is 2.30. The summed E-state index contributed by atoms with van der Waals surface area (Å²) in [7, 11) is 2.84. The van der Waals surface area contributed by atoms with Gasteiger partial charge < -0.3 is 14.2 Å². The van der Waals surface area contributed by atoms with Crippen LogP contribution in [-0.2, 0) is 15.7 Å².